The van der Waals surface area contributed by atoms with Crippen molar-refractivity contribution in [3.8, 4) is 21.7 Å². The Bertz CT molecular complexity index is 1190. The van der Waals surface area contributed by atoms with Gasteiger partial charge in [-0.25, -0.2) is 9.98 Å². The Balaban J connectivity index is 1.78. The van der Waals surface area contributed by atoms with E-state index >= 15 is 0 Å². The first-order valence-electron chi connectivity index (χ1n) is 8.71. The molecule has 0 unspecified atom stereocenters. The molecule has 4 rings (SSSR count). The molecule has 3 aromatic carbocycles. The number of nitrogens with zero attached hydrogens (tertiary/aromatic N) is 3. The van der Waals surface area contributed by atoms with Crippen LogP contribution in [0, 0.1) is 10.1 Å². The van der Waals surface area contributed by atoms with Gasteiger partial charge in [0, 0.05) is 22.9 Å². The molecule has 142 valence electrons. The van der Waals surface area contributed by atoms with E-state index in [1.165, 1.54) is 23.6 Å². The molecular weight excluding hydrogens is 406 g/mol. The van der Waals surface area contributed by atoms with E-state index in [4.69, 9.17) is 11.6 Å². The molecule has 0 aliphatic rings. The highest BCUT2D eigenvalue weighted by molar-refractivity contribution is 7.19. The van der Waals surface area contributed by atoms with Crippen LogP contribution in [0.25, 0.3) is 21.7 Å². The molecular formula is C22H14ClN3O2S. The van der Waals surface area contributed by atoms with Crippen LogP contribution in [0.1, 0.15) is 5.56 Å². The minimum atomic E-state index is -0.419. The van der Waals surface area contributed by atoms with Crippen molar-refractivity contribution < 1.29 is 4.92 Å². The molecule has 0 N–H and O–H groups in total. The molecule has 0 radical (unpaired) electrons. The fourth-order valence-corrected chi connectivity index (χ4v) is 3.91. The van der Waals surface area contributed by atoms with Gasteiger partial charge in [0.05, 0.1) is 21.1 Å². The van der Waals surface area contributed by atoms with Crippen LogP contribution in [0.3, 0.4) is 0 Å². The fourth-order valence-electron chi connectivity index (χ4n) is 2.84. The Kier molecular flexibility index (Phi) is 5.46. The molecule has 0 atom stereocenters. The zero-order valence-electron chi connectivity index (χ0n) is 15.0. The SMILES string of the molecule is O=[N+]([O-])c1ccccc1C=Nc1nc(-c2ccc(Cl)cc2)c(-c2ccccc2)s1. The van der Waals surface area contributed by atoms with Crippen molar-refractivity contribution >= 4 is 40.0 Å². The van der Waals surface area contributed by atoms with Gasteiger partial charge in [-0.1, -0.05) is 77.5 Å². The maximum Gasteiger partial charge on any atom is 0.278 e. The molecule has 0 aliphatic heterocycles. The molecule has 0 bridgehead atoms. The second-order valence-corrected chi connectivity index (χ2v) is 7.54. The van der Waals surface area contributed by atoms with E-state index in [1.54, 1.807) is 18.2 Å². The van der Waals surface area contributed by atoms with Crippen molar-refractivity contribution in [1.29, 1.82) is 0 Å². The molecule has 0 saturated heterocycles. The van der Waals surface area contributed by atoms with Crippen molar-refractivity contribution in [3.63, 3.8) is 0 Å². The Morgan fingerprint density at radius 3 is 2.34 bits per heavy atom. The molecule has 0 aliphatic carbocycles. The van der Waals surface area contributed by atoms with Gasteiger partial charge < -0.3 is 0 Å². The molecule has 4 aromatic rings. The van der Waals surface area contributed by atoms with Gasteiger partial charge in [0.25, 0.3) is 5.69 Å². The van der Waals surface area contributed by atoms with Crippen LogP contribution in [0.4, 0.5) is 10.8 Å². The highest BCUT2D eigenvalue weighted by atomic mass is 35.5. The second kappa shape index (κ2) is 8.34. The van der Waals surface area contributed by atoms with Crippen molar-refractivity contribution in [3.05, 3.63) is 99.6 Å². The zero-order valence-corrected chi connectivity index (χ0v) is 16.6. The number of hydrogen-bond donors (Lipinski definition) is 0. The first kappa shape index (κ1) is 19.0. The van der Waals surface area contributed by atoms with Gasteiger partial charge in [-0.3, -0.25) is 10.1 Å². The van der Waals surface area contributed by atoms with Crippen LogP contribution in [0.2, 0.25) is 5.02 Å². The first-order valence-corrected chi connectivity index (χ1v) is 9.91. The van der Waals surface area contributed by atoms with Crippen LogP contribution >= 0.6 is 22.9 Å². The highest BCUT2D eigenvalue weighted by Crippen LogP contribution is 2.40. The van der Waals surface area contributed by atoms with E-state index in [2.05, 4.69) is 9.98 Å². The third-order valence-electron chi connectivity index (χ3n) is 4.22. The van der Waals surface area contributed by atoms with Crippen LogP contribution in [-0.2, 0) is 0 Å². The predicted octanol–water partition coefficient (Wildman–Crippen LogP) is 6.79. The van der Waals surface area contributed by atoms with E-state index in [0.29, 0.717) is 15.7 Å². The fraction of sp³-hybridized carbons (Fsp3) is 0. The third kappa shape index (κ3) is 4.23. The van der Waals surface area contributed by atoms with Crippen molar-refractivity contribution in [2.45, 2.75) is 0 Å². The van der Waals surface area contributed by atoms with Gasteiger partial charge in [-0.15, -0.1) is 0 Å². The average Bonchev–Trinajstić information content (AvgIpc) is 3.18. The lowest BCUT2D eigenvalue weighted by atomic mass is 10.1. The van der Waals surface area contributed by atoms with Crippen LogP contribution < -0.4 is 0 Å². The van der Waals surface area contributed by atoms with Crippen LogP contribution in [0.15, 0.2) is 83.9 Å². The number of nitro benzene ring substituents is 1. The monoisotopic (exact) mass is 419 g/mol. The maximum atomic E-state index is 11.2. The standard InChI is InChI=1S/C22H14ClN3O2S/c23-18-12-10-15(11-13-18)20-21(16-6-2-1-3-7-16)29-22(25-20)24-14-17-8-4-5-9-19(17)26(27)28/h1-14H. The van der Waals surface area contributed by atoms with E-state index in [1.807, 2.05) is 54.6 Å². The largest absolute Gasteiger partial charge is 0.278 e. The molecule has 1 aromatic heterocycles. The van der Waals surface area contributed by atoms with E-state index in [0.717, 1.165) is 21.7 Å². The molecule has 0 saturated carbocycles. The summed E-state index contributed by atoms with van der Waals surface area (Å²) in [6.07, 6.45) is 1.48. The summed E-state index contributed by atoms with van der Waals surface area (Å²) in [7, 11) is 0. The summed E-state index contributed by atoms with van der Waals surface area (Å²) < 4.78 is 0. The van der Waals surface area contributed by atoms with E-state index in [-0.39, 0.29) is 5.69 Å². The number of halogens is 1. The summed E-state index contributed by atoms with van der Waals surface area (Å²) in [5.74, 6) is 0. The summed E-state index contributed by atoms with van der Waals surface area (Å²) in [5.41, 5.74) is 3.20. The predicted molar refractivity (Wildman–Crippen MR) is 118 cm³/mol. The number of nitro groups is 1. The number of rotatable bonds is 5. The number of thiazole rings is 1. The van der Waals surface area contributed by atoms with Crippen molar-refractivity contribution in [1.82, 2.24) is 4.98 Å². The molecule has 7 heteroatoms. The number of aliphatic imine (C=N–C) groups is 1. The molecule has 0 fully saturated rings. The smallest absolute Gasteiger partial charge is 0.258 e. The zero-order chi connectivity index (χ0) is 20.2. The average molecular weight is 420 g/mol. The van der Waals surface area contributed by atoms with Gasteiger partial charge >= 0.3 is 0 Å². The topological polar surface area (TPSA) is 68.4 Å². The molecule has 5 nitrogen and oxygen atoms in total. The second-order valence-electron chi connectivity index (χ2n) is 6.12. The number of aromatic nitrogens is 1. The van der Waals surface area contributed by atoms with Gasteiger partial charge in [0.2, 0.25) is 5.13 Å². The van der Waals surface area contributed by atoms with Gasteiger partial charge in [0.15, 0.2) is 0 Å². The normalized spacial score (nSPS) is 11.1. The van der Waals surface area contributed by atoms with Crippen molar-refractivity contribution in [2.24, 2.45) is 4.99 Å². The summed E-state index contributed by atoms with van der Waals surface area (Å²) in [4.78, 5) is 20.9. The lowest BCUT2D eigenvalue weighted by Gasteiger charge is -2.02. The Morgan fingerprint density at radius 1 is 0.931 bits per heavy atom. The first-order chi connectivity index (χ1) is 14.1. The Morgan fingerprint density at radius 2 is 1.62 bits per heavy atom. The quantitative estimate of drug-likeness (QED) is 0.203. The number of para-hydroxylation sites is 1. The Labute approximate surface area is 176 Å². The summed E-state index contributed by atoms with van der Waals surface area (Å²) >= 11 is 7.46. The maximum absolute atomic E-state index is 11.2. The summed E-state index contributed by atoms with van der Waals surface area (Å²) in [6.45, 7) is 0. The molecule has 1 heterocycles. The van der Waals surface area contributed by atoms with E-state index < -0.39 is 4.92 Å². The van der Waals surface area contributed by atoms with Crippen LogP contribution in [-0.4, -0.2) is 16.1 Å². The summed E-state index contributed by atoms with van der Waals surface area (Å²) in [6, 6.07) is 23.9. The lowest BCUT2D eigenvalue weighted by Crippen LogP contribution is -1.93. The highest BCUT2D eigenvalue weighted by Gasteiger charge is 2.15. The van der Waals surface area contributed by atoms with Gasteiger partial charge in [-0.2, -0.15) is 0 Å². The van der Waals surface area contributed by atoms with E-state index in [9.17, 15) is 10.1 Å². The summed E-state index contributed by atoms with van der Waals surface area (Å²) in [5, 5.41) is 12.4. The molecule has 0 amide bonds. The Hall–Kier alpha value is -3.35. The molecule has 29 heavy (non-hydrogen) atoms. The minimum absolute atomic E-state index is 0.00835. The van der Waals surface area contributed by atoms with Gasteiger partial charge in [-0.05, 0) is 23.8 Å². The number of benzene rings is 3. The van der Waals surface area contributed by atoms with Crippen molar-refractivity contribution in [2.75, 3.05) is 0 Å². The van der Waals surface area contributed by atoms with Crippen LogP contribution in [0.5, 0.6) is 0 Å². The molecule has 0 spiro atoms. The number of hydrogen-bond acceptors (Lipinski definition) is 5. The van der Waals surface area contributed by atoms with Gasteiger partial charge in [0.1, 0.15) is 0 Å². The lowest BCUT2D eigenvalue weighted by molar-refractivity contribution is -0.385. The minimum Gasteiger partial charge on any atom is -0.258 e. The third-order valence-corrected chi connectivity index (χ3v) is 5.48.